The van der Waals surface area contributed by atoms with E-state index < -0.39 is 0 Å². The van der Waals surface area contributed by atoms with Crippen LogP contribution in [0, 0.1) is 6.92 Å². The summed E-state index contributed by atoms with van der Waals surface area (Å²) in [5, 5.41) is 5.83. The number of nitrogens with two attached hydrogens (primary N) is 1. The Bertz CT molecular complexity index is 676. The molecule has 0 spiro atoms. The van der Waals surface area contributed by atoms with Crippen molar-refractivity contribution in [3.05, 3.63) is 27.8 Å². The molecule has 0 amide bonds. The molecule has 114 valence electrons. The van der Waals surface area contributed by atoms with Gasteiger partial charge in [-0.3, -0.25) is 9.48 Å². The molecule has 0 aliphatic heterocycles. The third kappa shape index (κ3) is 3.66. The molecular weight excluding hydrogens is 286 g/mol. The zero-order valence-electron chi connectivity index (χ0n) is 12.6. The first-order valence-corrected chi connectivity index (χ1v) is 7.97. The summed E-state index contributed by atoms with van der Waals surface area (Å²) < 4.78 is 1.88. The van der Waals surface area contributed by atoms with Crippen LogP contribution in [0.5, 0.6) is 0 Å². The number of nitrogens with zero attached hydrogens (tertiary/aromatic N) is 3. The molecule has 2 heterocycles. The lowest BCUT2D eigenvalue weighted by Gasteiger charge is -2.07. The van der Waals surface area contributed by atoms with Crippen LogP contribution in [-0.4, -0.2) is 19.7 Å². The van der Waals surface area contributed by atoms with E-state index in [4.69, 9.17) is 5.73 Å². The molecule has 0 aliphatic rings. The van der Waals surface area contributed by atoms with E-state index in [0.717, 1.165) is 42.2 Å². The average Bonchev–Trinajstić information content (AvgIpc) is 2.67. The highest BCUT2D eigenvalue weighted by Gasteiger charge is 2.15. The van der Waals surface area contributed by atoms with E-state index in [1.54, 1.807) is 6.07 Å². The van der Waals surface area contributed by atoms with Crippen LogP contribution in [0.1, 0.15) is 38.1 Å². The average molecular weight is 307 g/mol. The van der Waals surface area contributed by atoms with Gasteiger partial charge in [-0.05, 0) is 31.5 Å². The SMILES string of the molecule is CCCc1cc(=O)[nH]c(Sc2c(N)c(C)nn2CCC)n1. The predicted octanol–water partition coefficient (Wildman–Crippen LogP) is 2.37. The lowest BCUT2D eigenvalue weighted by atomic mass is 10.2. The van der Waals surface area contributed by atoms with E-state index >= 15 is 0 Å². The predicted molar refractivity (Wildman–Crippen MR) is 84.6 cm³/mol. The molecule has 0 unspecified atom stereocenters. The van der Waals surface area contributed by atoms with Crippen molar-refractivity contribution in [2.75, 3.05) is 5.73 Å². The number of anilines is 1. The van der Waals surface area contributed by atoms with Crippen LogP contribution in [0.15, 0.2) is 21.0 Å². The smallest absolute Gasteiger partial charge is 0.251 e. The second-order valence-corrected chi connectivity index (χ2v) is 5.90. The fourth-order valence-corrected chi connectivity index (χ4v) is 3.05. The first kappa shape index (κ1) is 15.6. The quantitative estimate of drug-likeness (QED) is 0.800. The molecule has 0 saturated heterocycles. The van der Waals surface area contributed by atoms with Gasteiger partial charge < -0.3 is 10.7 Å². The number of aryl methyl sites for hydroxylation is 3. The summed E-state index contributed by atoms with van der Waals surface area (Å²) in [4.78, 5) is 19.0. The van der Waals surface area contributed by atoms with Crippen molar-refractivity contribution in [1.29, 1.82) is 0 Å². The van der Waals surface area contributed by atoms with Crippen molar-refractivity contribution < 1.29 is 0 Å². The van der Waals surface area contributed by atoms with Crippen molar-refractivity contribution in [3.63, 3.8) is 0 Å². The molecule has 0 bridgehead atoms. The number of aromatic nitrogens is 4. The zero-order valence-corrected chi connectivity index (χ0v) is 13.5. The maximum absolute atomic E-state index is 11.7. The van der Waals surface area contributed by atoms with Gasteiger partial charge in [-0.2, -0.15) is 5.10 Å². The standard InChI is InChI=1S/C14H21N5OS/c1-4-6-10-8-11(20)17-14(16-10)21-13-12(15)9(3)18-19(13)7-5-2/h8H,4-7,15H2,1-3H3,(H,16,17,20). The highest BCUT2D eigenvalue weighted by Crippen LogP contribution is 2.31. The molecule has 21 heavy (non-hydrogen) atoms. The molecule has 0 atom stereocenters. The van der Waals surface area contributed by atoms with Crippen LogP contribution in [0.25, 0.3) is 0 Å². The number of aromatic amines is 1. The monoisotopic (exact) mass is 307 g/mol. The Morgan fingerprint density at radius 1 is 1.38 bits per heavy atom. The van der Waals surface area contributed by atoms with Gasteiger partial charge in [0.15, 0.2) is 5.16 Å². The second kappa shape index (κ2) is 6.80. The first-order chi connectivity index (χ1) is 10.0. The Balaban J connectivity index is 2.35. The third-order valence-corrected chi connectivity index (χ3v) is 4.04. The lowest BCUT2D eigenvalue weighted by molar-refractivity contribution is 0.555. The van der Waals surface area contributed by atoms with Crippen LogP contribution >= 0.6 is 11.8 Å². The van der Waals surface area contributed by atoms with Gasteiger partial charge in [0.05, 0.1) is 11.4 Å². The van der Waals surface area contributed by atoms with E-state index in [2.05, 4.69) is 28.9 Å². The number of hydrogen-bond donors (Lipinski definition) is 2. The maximum Gasteiger partial charge on any atom is 0.251 e. The van der Waals surface area contributed by atoms with E-state index in [1.807, 2.05) is 11.6 Å². The first-order valence-electron chi connectivity index (χ1n) is 7.16. The minimum absolute atomic E-state index is 0.132. The molecule has 0 saturated carbocycles. The Morgan fingerprint density at radius 3 is 2.81 bits per heavy atom. The molecule has 2 aromatic heterocycles. The number of hydrogen-bond acceptors (Lipinski definition) is 5. The van der Waals surface area contributed by atoms with Crippen LogP contribution in [0.2, 0.25) is 0 Å². The van der Waals surface area contributed by atoms with E-state index in [9.17, 15) is 4.79 Å². The molecular formula is C14H21N5OS. The Morgan fingerprint density at radius 2 is 2.14 bits per heavy atom. The summed E-state index contributed by atoms with van der Waals surface area (Å²) in [6.07, 6.45) is 2.71. The molecule has 6 nitrogen and oxygen atoms in total. The molecule has 0 radical (unpaired) electrons. The highest BCUT2D eigenvalue weighted by molar-refractivity contribution is 7.99. The number of H-pyrrole nitrogens is 1. The maximum atomic E-state index is 11.7. The van der Waals surface area contributed by atoms with Crippen molar-refractivity contribution in [3.8, 4) is 0 Å². The molecule has 2 aromatic rings. The van der Waals surface area contributed by atoms with Crippen LogP contribution in [-0.2, 0) is 13.0 Å². The van der Waals surface area contributed by atoms with Crippen molar-refractivity contribution >= 4 is 17.4 Å². The number of rotatable bonds is 6. The number of nitrogen functional groups attached to an aromatic ring is 1. The van der Waals surface area contributed by atoms with Gasteiger partial charge in [-0.1, -0.05) is 20.3 Å². The van der Waals surface area contributed by atoms with Gasteiger partial charge in [-0.25, -0.2) is 4.98 Å². The van der Waals surface area contributed by atoms with Crippen molar-refractivity contribution in [2.24, 2.45) is 0 Å². The Hall–Kier alpha value is -1.76. The summed E-state index contributed by atoms with van der Waals surface area (Å²) in [6.45, 7) is 6.82. The van der Waals surface area contributed by atoms with Crippen LogP contribution < -0.4 is 11.3 Å². The van der Waals surface area contributed by atoms with Crippen LogP contribution in [0.3, 0.4) is 0 Å². The summed E-state index contributed by atoms with van der Waals surface area (Å²) in [6, 6.07) is 1.55. The normalized spacial score (nSPS) is 11.0. The van der Waals surface area contributed by atoms with Gasteiger partial charge >= 0.3 is 0 Å². The Kier molecular flexibility index (Phi) is 5.06. The van der Waals surface area contributed by atoms with Gasteiger partial charge in [0, 0.05) is 18.3 Å². The topological polar surface area (TPSA) is 89.6 Å². The zero-order chi connectivity index (χ0) is 15.4. The minimum Gasteiger partial charge on any atom is -0.395 e. The Labute approximate surface area is 128 Å². The molecule has 2 rings (SSSR count). The molecule has 7 heteroatoms. The van der Waals surface area contributed by atoms with Gasteiger partial charge in [0.2, 0.25) is 0 Å². The highest BCUT2D eigenvalue weighted by atomic mass is 32.2. The lowest BCUT2D eigenvalue weighted by Crippen LogP contribution is -2.10. The van der Waals surface area contributed by atoms with Crippen molar-refractivity contribution in [2.45, 2.75) is 56.8 Å². The second-order valence-electron chi connectivity index (χ2n) is 4.92. The fraction of sp³-hybridized carbons (Fsp3) is 0.500. The van der Waals surface area contributed by atoms with E-state index in [-0.39, 0.29) is 5.56 Å². The molecule has 0 aromatic carbocycles. The largest absolute Gasteiger partial charge is 0.395 e. The summed E-state index contributed by atoms with van der Waals surface area (Å²) >= 11 is 1.36. The summed E-state index contributed by atoms with van der Waals surface area (Å²) in [5.41, 5.74) is 8.22. The van der Waals surface area contributed by atoms with Crippen molar-refractivity contribution in [1.82, 2.24) is 19.7 Å². The fourth-order valence-electron chi connectivity index (χ4n) is 2.05. The molecule has 3 N–H and O–H groups in total. The van der Waals surface area contributed by atoms with Gasteiger partial charge in [-0.15, -0.1) is 0 Å². The molecule has 0 fully saturated rings. The van der Waals surface area contributed by atoms with E-state index in [1.165, 1.54) is 11.8 Å². The van der Waals surface area contributed by atoms with Gasteiger partial charge in [0.1, 0.15) is 5.03 Å². The van der Waals surface area contributed by atoms with Gasteiger partial charge in [0.25, 0.3) is 5.56 Å². The minimum atomic E-state index is -0.132. The summed E-state index contributed by atoms with van der Waals surface area (Å²) in [7, 11) is 0. The molecule has 0 aliphatic carbocycles. The van der Waals surface area contributed by atoms with E-state index in [0.29, 0.717) is 10.8 Å². The van der Waals surface area contributed by atoms with Crippen LogP contribution in [0.4, 0.5) is 5.69 Å². The third-order valence-electron chi connectivity index (χ3n) is 3.03. The number of nitrogens with one attached hydrogen (secondary N) is 1. The summed E-state index contributed by atoms with van der Waals surface area (Å²) in [5.74, 6) is 0.